The lowest BCUT2D eigenvalue weighted by atomic mass is 10.3. The Labute approximate surface area is 84.6 Å². The molecular weight excluding hydrogens is 184 g/mol. The van der Waals surface area contributed by atoms with Crippen LogP contribution < -0.4 is 0 Å². The highest BCUT2D eigenvalue weighted by Gasteiger charge is 2.06. The van der Waals surface area contributed by atoms with Crippen LogP contribution >= 0.6 is 11.6 Å². The first-order valence-electron chi connectivity index (χ1n) is 4.61. The van der Waals surface area contributed by atoms with Gasteiger partial charge < -0.3 is 4.90 Å². The molecule has 0 aromatic carbocycles. The van der Waals surface area contributed by atoms with Gasteiger partial charge >= 0.3 is 0 Å². The number of nitrogens with zero attached hydrogens (tertiary/aromatic N) is 2. The molecule has 0 aromatic heterocycles. The van der Waals surface area contributed by atoms with Crippen molar-refractivity contribution in [2.45, 2.75) is 20.3 Å². The quantitative estimate of drug-likeness (QED) is 0.666. The number of hydrogen-bond donors (Lipinski definition) is 0. The zero-order chi connectivity index (χ0) is 9.68. The van der Waals surface area contributed by atoms with E-state index in [-0.39, 0.29) is 0 Å². The number of aliphatic imine (C=N–C) groups is 1. The van der Waals surface area contributed by atoms with Crippen molar-refractivity contribution >= 4 is 17.4 Å². The molecule has 0 saturated carbocycles. The molecular formula is C10H15ClN2. The molecule has 0 unspecified atom stereocenters. The SMILES string of the molecule is CCN(CC)C1=NC=CC(Cl)=CC1. The number of halogens is 1. The molecule has 3 heteroatoms. The highest BCUT2D eigenvalue weighted by molar-refractivity contribution is 6.31. The molecule has 2 nitrogen and oxygen atoms in total. The van der Waals surface area contributed by atoms with Crippen molar-refractivity contribution in [3.8, 4) is 0 Å². The minimum absolute atomic E-state index is 0.769. The minimum Gasteiger partial charge on any atom is -0.360 e. The van der Waals surface area contributed by atoms with E-state index in [4.69, 9.17) is 11.6 Å². The third-order valence-corrected chi connectivity index (χ3v) is 2.35. The minimum atomic E-state index is 0.769. The monoisotopic (exact) mass is 198 g/mol. The lowest BCUT2D eigenvalue weighted by Gasteiger charge is -2.21. The molecule has 0 radical (unpaired) electrons. The predicted molar refractivity (Wildman–Crippen MR) is 58.0 cm³/mol. The van der Waals surface area contributed by atoms with Crippen LogP contribution in [0.2, 0.25) is 0 Å². The van der Waals surface area contributed by atoms with E-state index < -0.39 is 0 Å². The maximum Gasteiger partial charge on any atom is 0.108 e. The standard InChI is InChI=1S/C10H15ClN2/c1-3-13(4-2)10-6-5-9(11)7-8-12-10/h5,7-8H,3-4,6H2,1-2H3. The Morgan fingerprint density at radius 2 is 2.15 bits per heavy atom. The van der Waals surface area contributed by atoms with Gasteiger partial charge in [0.05, 0.1) is 0 Å². The molecule has 0 amide bonds. The average molecular weight is 199 g/mol. The predicted octanol–water partition coefficient (Wildman–Crippen LogP) is 2.77. The second kappa shape index (κ2) is 5.07. The maximum atomic E-state index is 5.86. The lowest BCUT2D eigenvalue weighted by Crippen LogP contribution is -2.29. The van der Waals surface area contributed by atoms with Crippen LogP contribution in [0.15, 0.2) is 28.4 Å². The first kappa shape index (κ1) is 10.3. The number of hydrogen-bond acceptors (Lipinski definition) is 2. The second-order valence-electron chi connectivity index (χ2n) is 2.83. The molecule has 0 N–H and O–H groups in total. The van der Waals surface area contributed by atoms with Crippen LogP contribution in [0.25, 0.3) is 0 Å². The van der Waals surface area contributed by atoms with E-state index in [9.17, 15) is 0 Å². The third kappa shape index (κ3) is 2.88. The van der Waals surface area contributed by atoms with Crippen LogP contribution in [0.1, 0.15) is 20.3 Å². The summed E-state index contributed by atoms with van der Waals surface area (Å²) in [6.07, 6.45) is 6.40. The molecule has 0 fully saturated rings. The number of amidine groups is 1. The fourth-order valence-electron chi connectivity index (χ4n) is 1.30. The van der Waals surface area contributed by atoms with Gasteiger partial charge in [-0.05, 0) is 19.9 Å². The molecule has 0 aliphatic carbocycles. The fraction of sp³-hybridized carbons (Fsp3) is 0.500. The van der Waals surface area contributed by atoms with Crippen LogP contribution in [-0.2, 0) is 0 Å². The Balaban J connectivity index is 2.71. The fourth-order valence-corrected chi connectivity index (χ4v) is 1.44. The van der Waals surface area contributed by atoms with E-state index >= 15 is 0 Å². The Kier molecular flexibility index (Phi) is 4.03. The van der Waals surface area contributed by atoms with Crippen molar-refractivity contribution in [1.29, 1.82) is 0 Å². The van der Waals surface area contributed by atoms with E-state index in [2.05, 4.69) is 23.7 Å². The van der Waals surface area contributed by atoms with E-state index in [0.717, 1.165) is 30.4 Å². The van der Waals surface area contributed by atoms with Gasteiger partial charge in [-0.2, -0.15) is 0 Å². The Bertz CT molecular complexity index is 247. The molecule has 72 valence electrons. The summed E-state index contributed by atoms with van der Waals surface area (Å²) in [7, 11) is 0. The molecule has 1 aliphatic heterocycles. The van der Waals surface area contributed by atoms with Crippen LogP contribution in [0.4, 0.5) is 0 Å². The van der Waals surface area contributed by atoms with Gasteiger partial charge in [0, 0.05) is 30.7 Å². The van der Waals surface area contributed by atoms with E-state index in [1.165, 1.54) is 0 Å². The zero-order valence-electron chi connectivity index (χ0n) is 8.13. The Morgan fingerprint density at radius 1 is 1.46 bits per heavy atom. The summed E-state index contributed by atoms with van der Waals surface area (Å²) in [6, 6.07) is 0. The Morgan fingerprint density at radius 3 is 2.77 bits per heavy atom. The second-order valence-corrected chi connectivity index (χ2v) is 3.26. The summed E-state index contributed by atoms with van der Waals surface area (Å²) in [5.41, 5.74) is 0. The average Bonchev–Trinajstić information content (AvgIpc) is 2.34. The Hall–Kier alpha value is -0.760. The molecule has 1 aliphatic rings. The van der Waals surface area contributed by atoms with Crippen molar-refractivity contribution in [1.82, 2.24) is 4.90 Å². The third-order valence-electron chi connectivity index (χ3n) is 2.07. The van der Waals surface area contributed by atoms with Gasteiger partial charge in [-0.25, -0.2) is 4.99 Å². The molecule has 1 heterocycles. The van der Waals surface area contributed by atoms with Crippen molar-refractivity contribution in [3.63, 3.8) is 0 Å². The van der Waals surface area contributed by atoms with Crippen molar-refractivity contribution in [3.05, 3.63) is 23.4 Å². The first-order valence-corrected chi connectivity index (χ1v) is 4.99. The van der Waals surface area contributed by atoms with Gasteiger partial charge in [0.1, 0.15) is 5.84 Å². The van der Waals surface area contributed by atoms with Crippen LogP contribution in [0.5, 0.6) is 0 Å². The largest absolute Gasteiger partial charge is 0.360 e. The number of allylic oxidation sites excluding steroid dienone is 2. The highest BCUT2D eigenvalue weighted by Crippen LogP contribution is 2.11. The zero-order valence-corrected chi connectivity index (χ0v) is 8.88. The first-order chi connectivity index (χ1) is 6.27. The van der Waals surface area contributed by atoms with Crippen molar-refractivity contribution < 1.29 is 0 Å². The van der Waals surface area contributed by atoms with E-state index in [1.807, 2.05) is 12.2 Å². The molecule has 0 saturated heterocycles. The molecule has 0 bridgehead atoms. The van der Waals surface area contributed by atoms with Gasteiger partial charge in [-0.1, -0.05) is 17.7 Å². The topological polar surface area (TPSA) is 15.6 Å². The van der Waals surface area contributed by atoms with Gasteiger partial charge in [0.2, 0.25) is 0 Å². The number of rotatable bonds is 2. The van der Waals surface area contributed by atoms with Crippen molar-refractivity contribution in [2.24, 2.45) is 4.99 Å². The summed E-state index contributed by atoms with van der Waals surface area (Å²) in [6.45, 7) is 6.25. The molecule has 0 atom stereocenters. The van der Waals surface area contributed by atoms with Gasteiger partial charge in [0.25, 0.3) is 0 Å². The summed E-state index contributed by atoms with van der Waals surface area (Å²) >= 11 is 5.86. The lowest BCUT2D eigenvalue weighted by molar-refractivity contribution is 0.459. The van der Waals surface area contributed by atoms with Gasteiger partial charge in [0.15, 0.2) is 0 Å². The normalized spacial score (nSPS) is 16.2. The highest BCUT2D eigenvalue weighted by atomic mass is 35.5. The van der Waals surface area contributed by atoms with Gasteiger partial charge in [-0.15, -0.1) is 0 Å². The van der Waals surface area contributed by atoms with E-state index in [1.54, 1.807) is 6.20 Å². The smallest absolute Gasteiger partial charge is 0.108 e. The summed E-state index contributed by atoms with van der Waals surface area (Å²) in [5, 5.41) is 0.769. The molecule has 13 heavy (non-hydrogen) atoms. The summed E-state index contributed by atoms with van der Waals surface area (Å²) in [5.74, 6) is 1.09. The van der Waals surface area contributed by atoms with E-state index in [0.29, 0.717) is 0 Å². The summed E-state index contributed by atoms with van der Waals surface area (Å²) in [4.78, 5) is 6.57. The maximum absolute atomic E-state index is 5.86. The van der Waals surface area contributed by atoms with Crippen LogP contribution in [-0.4, -0.2) is 23.8 Å². The molecule has 0 aromatic rings. The van der Waals surface area contributed by atoms with Crippen molar-refractivity contribution in [2.75, 3.05) is 13.1 Å². The van der Waals surface area contributed by atoms with Crippen LogP contribution in [0.3, 0.4) is 0 Å². The van der Waals surface area contributed by atoms with Gasteiger partial charge in [-0.3, -0.25) is 0 Å². The molecule has 0 spiro atoms. The molecule has 1 rings (SSSR count). The van der Waals surface area contributed by atoms with Crippen LogP contribution in [0, 0.1) is 0 Å². The summed E-state index contributed by atoms with van der Waals surface area (Å²) < 4.78 is 0.